The first-order chi connectivity index (χ1) is 8.58. The van der Waals surface area contributed by atoms with Gasteiger partial charge in [0.2, 0.25) is 11.6 Å². The van der Waals surface area contributed by atoms with Crippen molar-refractivity contribution in [1.82, 2.24) is 9.97 Å². The van der Waals surface area contributed by atoms with Crippen molar-refractivity contribution in [3.05, 3.63) is 51.7 Å². The first kappa shape index (κ1) is 12.2. The lowest BCUT2D eigenvalue weighted by Crippen LogP contribution is -1.96. The summed E-state index contributed by atoms with van der Waals surface area (Å²) in [6, 6.07) is 2.92. The fraction of sp³-hybridized carbons (Fsp3) is 0. The highest BCUT2D eigenvalue weighted by atomic mass is 35.5. The van der Waals surface area contributed by atoms with E-state index in [0.717, 1.165) is 18.2 Å². The number of nitro groups is 1. The van der Waals surface area contributed by atoms with Crippen molar-refractivity contribution in [3.63, 3.8) is 0 Å². The normalized spacial score (nSPS) is 10.1. The predicted octanol–water partition coefficient (Wildman–Crippen LogP) is 2.97. The molecule has 0 saturated heterocycles. The lowest BCUT2D eigenvalue weighted by molar-refractivity contribution is -0.385. The molecule has 1 aromatic carbocycles. The van der Waals surface area contributed by atoms with E-state index in [1.165, 1.54) is 12.5 Å². The van der Waals surface area contributed by atoms with Crippen LogP contribution in [-0.4, -0.2) is 14.9 Å². The molecule has 8 heteroatoms. The summed E-state index contributed by atoms with van der Waals surface area (Å²) in [6.07, 6.45) is 2.45. The molecule has 0 amide bonds. The van der Waals surface area contributed by atoms with Crippen LogP contribution in [0, 0.1) is 15.9 Å². The van der Waals surface area contributed by atoms with Crippen LogP contribution in [0.3, 0.4) is 0 Å². The Morgan fingerprint density at radius 3 is 2.89 bits per heavy atom. The van der Waals surface area contributed by atoms with E-state index in [2.05, 4.69) is 9.97 Å². The lowest BCUT2D eigenvalue weighted by Gasteiger charge is -2.05. The molecule has 0 radical (unpaired) electrons. The third-order valence-electron chi connectivity index (χ3n) is 1.96. The standard InChI is InChI=1S/C10H5ClFN3O3/c11-7-4-13-5-14-10(7)18-9-2-1-6(12)3-8(9)15(16)17/h1-5H. The average molecular weight is 270 g/mol. The van der Waals surface area contributed by atoms with E-state index in [1.54, 1.807) is 0 Å². The number of hydrogen-bond donors (Lipinski definition) is 0. The summed E-state index contributed by atoms with van der Waals surface area (Å²) >= 11 is 5.74. The quantitative estimate of drug-likeness (QED) is 0.632. The van der Waals surface area contributed by atoms with E-state index in [1.807, 2.05) is 0 Å². The molecule has 0 aliphatic rings. The molecule has 0 N–H and O–H groups in total. The van der Waals surface area contributed by atoms with Crippen molar-refractivity contribution in [2.75, 3.05) is 0 Å². The third-order valence-corrected chi connectivity index (χ3v) is 2.22. The van der Waals surface area contributed by atoms with E-state index in [-0.39, 0.29) is 16.7 Å². The Balaban J connectivity index is 2.41. The Morgan fingerprint density at radius 2 is 2.22 bits per heavy atom. The molecule has 0 atom stereocenters. The van der Waals surface area contributed by atoms with Crippen molar-refractivity contribution in [2.24, 2.45) is 0 Å². The molecular weight excluding hydrogens is 265 g/mol. The largest absolute Gasteiger partial charge is 0.430 e. The SMILES string of the molecule is O=[N+]([O-])c1cc(F)ccc1Oc1ncncc1Cl. The molecule has 2 rings (SSSR count). The predicted molar refractivity (Wildman–Crippen MR) is 60.2 cm³/mol. The van der Waals surface area contributed by atoms with E-state index in [0.29, 0.717) is 0 Å². The number of hydrogen-bond acceptors (Lipinski definition) is 5. The van der Waals surface area contributed by atoms with Gasteiger partial charge in [0.1, 0.15) is 17.2 Å². The Labute approximate surface area is 105 Å². The van der Waals surface area contributed by atoms with Gasteiger partial charge in [-0.1, -0.05) is 11.6 Å². The topological polar surface area (TPSA) is 78.2 Å². The zero-order valence-corrected chi connectivity index (χ0v) is 9.46. The second-order valence-electron chi connectivity index (χ2n) is 3.15. The minimum atomic E-state index is -0.756. The maximum atomic E-state index is 12.9. The zero-order chi connectivity index (χ0) is 13.1. The Bertz CT molecular complexity index is 609. The van der Waals surface area contributed by atoms with Gasteiger partial charge in [0.15, 0.2) is 0 Å². The number of nitrogens with zero attached hydrogens (tertiary/aromatic N) is 3. The monoisotopic (exact) mass is 269 g/mol. The first-order valence-corrected chi connectivity index (χ1v) is 5.03. The van der Waals surface area contributed by atoms with Gasteiger partial charge in [-0.15, -0.1) is 0 Å². The maximum absolute atomic E-state index is 12.9. The lowest BCUT2D eigenvalue weighted by atomic mass is 10.3. The molecule has 0 aliphatic carbocycles. The highest BCUT2D eigenvalue weighted by Gasteiger charge is 2.18. The van der Waals surface area contributed by atoms with Crippen LogP contribution in [0.25, 0.3) is 0 Å². The fourth-order valence-corrected chi connectivity index (χ4v) is 1.34. The molecule has 0 spiro atoms. The summed E-state index contributed by atoms with van der Waals surface area (Å²) in [5.41, 5.74) is -0.510. The van der Waals surface area contributed by atoms with Crippen molar-refractivity contribution in [1.29, 1.82) is 0 Å². The van der Waals surface area contributed by atoms with Gasteiger partial charge in [-0.3, -0.25) is 10.1 Å². The second-order valence-corrected chi connectivity index (χ2v) is 3.55. The molecule has 0 saturated carbocycles. The highest BCUT2D eigenvalue weighted by molar-refractivity contribution is 6.31. The summed E-state index contributed by atoms with van der Waals surface area (Å²) in [7, 11) is 0. The van der Waals surface area contributed by atoms with E-state index in [4.69, 9.17) is 16.3 Å². The van der Waals surface area contributed by atoms with Crippen LogP contribution in [-0.2, 0) is 0 Å². The summed E-state index contributed by atoms with van der Waals surface area (Å²) in [6.45, 7) is 0. The minimum absolute atomic E-state index is 0.0404. The van der Waals surface area contributed by atoms with E-state index < -0.39 is 16.4 Å². The summed E-state index contributed by atoms with van der Waals surface area (Å²) in [4.78, 5) is 17.3. The van der Waals surface area contributed by atoms with Crippen LogP contribution in [0.4, 0.5) is 10.1 Å². The van der Waals surface area contributed by atoms with Gasteiger partial charge >= 0.3 is 5.69 Å². The smallest absolute Gasteiger partial charge is 0.314 e. The summed E-state index contributed by atoms with van der Waals surface area (Å²) in [5, 5.41) is 10.8. The molecule has 0 unspecified atom stereocenters. The second kappa shape index (κ2) is 4.92. The number of aromatic nitrogens is 2. The fourth-order valence-electron chi connectivity index (χ4n) is 1.20. The minimum Gasteiger partial charge on any atom is -0.430 e. The number of rotatable bonds is 3. The average Bonchev–Trinajstić information content (AvgIpc) is 2.34. The van der Waals surface area contributed by atoms with Crippen LogP contribution in [0.15, 0.2) is 30.7 Å². The molecule has 92 valence electrons. The van der Waals surface area contributed by atoms with Crippen LogP contribution in [0.5, 0.6) is 11.6 Å². The Kier molecular flexibility index (Phi) is 3.33. The van der Waals surface area contributed by atoms with Crippen LogP contribution in [0.2, 0.25) is 5.02 Å². The molecule has 0 aliphatic heterocycles. The van der Waals surface area contributed by atoms with E-state index in [9.17, 15) is 14.5 Å². The number of nitro benzene ring substituents is 1. The van der Waals surface area contributed by atoms with Crippen molar-refractivity contribution in [3.8, 4) is 11.6 Å². The summed E-state index contributed by atoms with van der Waals surface area (Å²) in [5.74, 6) is -0.925. The number of halogens is 2. The summed E-state index contributed by atoms with van der Waals surface area (Å²) < 4.78 is 18.1. The molecule has 1 heterocycles. The van der Waals surface area contributed by atoms with Gasteiger partial charge in [-0.25, -0.2) is 14.4 Å². The van der Waals surface area contributed by atoms with E-state index >= 15 is 0 Å². The zero-order valence-electron chi connectivity index (χ0n) is 8.71. The number of benzene rings is 1. The first-order valence-electron chi connectivity index (χ1n) is 4.65. The van der Waals surface area contributed by atoms with Crippen molar-refractivity contribution >= 4 is 17.3 Å². The van der Waals surface area contributed by atoms with Crippen LogP contribution in [0.1, 0.15) is 0 Å². The molecule has 0 fully saturated rings. The highest BCUT2D eigenvalue weighted by Crippen LogP contribution is 2.33. The Morgan fingerprint density at radius 1 is 1.44 bits per heavy atom. The molecule has 2 aromatic rings. The molecular formula is C10H5ClFN3O3. The van der Waals surface area contributed by atoms with Gasteiger partial charge < -0.3 is 4.74 Å². The number of ether oxygens (including phenoxy) is 1. The molecule has 18 heavy (non-hydrogen) atoms. The molecule has 1 aromatic heterocycles. The van der Waals surface area contributed by atoms with Gasteiger partial charge in [0.25, 0.3) is 0 Å². The Hall–Kier alpha value is -2.28. The van der Waals surface area contributed by atoms with Gasteiger partial charge in [-0.05, 0) is 12.1 Å². The molecule has 6 nitrogen and oxygen atoms in total. The van der Waals surface area contributed by atoms with Crippen LogP contribution < -0.4 is 4.74 Å². The van der Waals surface area contributed by atoms with Gasteiger partial charge in [0, 0.05) is 0 Å². The van der Waals surface area contributed by atoms with Crippen LogP contribution >= 0.6 is 11.6 Å². The van der Waals surface area contributed by atoms with Gasteiger partial charge in [0.05, 0.1) is 17.2 Å². The van der Waals surface area contributed by atoms with Gasteiger partial charge in [-0.2, -0.15) is 0 Å². The molecule has 0 bridgehead atoms. The third kappa shape index (κ3) is 2.51. The van der Waals surface area contributed by atoms with Crippen molar-refractivity contribution in [2.45, 2.75) is 0 Å². The van der Waals surface area contributed by atoms with Crippen molar-refractivity contribution < 1.29 is 14.1 Å². The maximum Gasteiger partial charge on any atom is 0.314 e.